The molecular formula is C17H23N3O2. The second-order valence-corrected chi connectivity index (χ2v) is 6.21. The zero-order valence-electron chi connectivity index (χ0n) is 13.0. The first-order valence-corrected chi connectivity index (χ1v) is 7.98. The van der Waals surface area contributed by atoms with E-state index in [2.05, 4.69) is 41.4 Å². The number of nitrogens with zero attached hydrogens (tertiary/aromatic N) is 2. The molecule has 3 rings (SSSR count). The van der Waals surface area contributed by atoms with Crippen LogP contribution in [0.5, 0.6) is 0 Å². The minimum absolute atomic E-state index is 0.0590. The van der Waals surface area contributed by atoms with Crippen molar-refractivity contribution in [1.29, 1.82) is 0 Å². The van der Waals surface area contributed by atoms with Crippen molar-refractivity contribution in [3.05, 3.63) is 35.4 Å². The van der Waals surface area contributed by atoms with Gasteiger partial charge in [0.05, 0.1) is 13.1 Å². The zero-order chi connectivity index (χ0) is 15.5. The highest BCUT2D eigenvalue weighted by Gasteiger charge is 2.30. The summed E-state index contributed by atoms with van der Waals surface area (Å²) in [5.74, 6) is 0.00524. The van der Waals surface area contributed by atoms with E-state index in [1.165, 1.54) is 11.1 Å². The van der Waals surface area contributed by atoms with E-state index < -0.39 is 0 Å². The third-order valence-electron chi connectivity index (χ3n) is 4.52. The SMILES string of the molecule is Cc1cccc([C@@H]2CCCN2CC(=O)N2CCNC(=O)C2)c1. The van der Waals surface area contributed by atoms with Gasteiger partial charge in [-0.2, -0.15) is 0 Å². The average Bonchev–Trinajstić information content (AvgIpc) is 2.95. The fourth-order valence-electron chi connectivity index (χ4n) is 3.40. The standard InChI is InChI=1S/C17H23N3O2/c1-13-4-2-5-14(10-13)15-6-3-8-19(15)12-17(22)20-9-7-18-16(21)11-20/h2,4-5,10,15H,3,6-9,11-12H2,1H3,(H,18,21)/t15-/m0/s1. The molecule has 1 aromatic carbocycles. The lowest BCUT2D eigenvalue weighted by atomic mass is 10.0. The van der Waals surface area contributed by atoms with E-state index in [1.807, 2.05) is 0 Å². The zero-order valence-corrected chi connectivity index (χ0v) is 13.0. The molecule has 2 saturated heterocycles. The molecule has 0 radical (unpaired) electrons. The van der Waals surface area contributed by atoms with Crippen LogP contribution < -0.4 is 5.32 Å². The number of amides is 2. The van der Waals surface area contributed by atoms with Crippen molar-refractivity contribution in [3.63, 3.8) is 0 Å². The molecule has 1 N–H and O–H groups in total. The van der Waals surface area contributed by atoms with E-state index in [0.717, 1.165) is 19.4 Å². The predicted octanol–water partition coefficient (Wildman–Crippen LogP) is 1.09. The van der Waals surface area contributed by atoms with E-state index >= 15 is 0 Å². The summed E-state index contributed by atoms with van der Waals surface area (Å²) in [6.07, 6.45) is 2.21. The van der Waals surface area contributed by atoms with E-state index in [-0.39, 0.29) is 18.4 Å². The maximum Gasteiger partial charge on any atom is 0.239 e. The number of piperazine rings is 1. The predicted molar refractivity (Wildman–Crippen MR) is 84.3 cm³/mol. The molecule has 22 heavy (non-hydrogen) atoms. The number of hydrogen-bond acceptors (Lipinski definition) is 3. The van der Waals surface area contributed by atoms with Crippen molar-refractivity contribution in [2.75, 3.05) is 32.7 Å². The van der Waals surface area contributed by atoms with Crippen LogP contribution in [0.25, 0.3) is 0 Å². The highest BCUT2D eigenvalue weighted by Crippen LogP contribution is 2.32. The Balaban J connectivity index is 1.66. The van der Waals surface area contributed by atoms with Crippen LogP contribution in [0.1, 0.15) is 30.0 Å². The largest absolute Gasteiger partial charge is 0.353 e. The maximum absolute atomic E-state index is 12.4. The Labute approximate surface area is 131 Å². The number of aryl methyl sites for hydroxylation is 1. The minimum atomic E-state index is -0.0590. The van der Waals surface area contributed by atoms with Crippen molar-refractivity contribution in [3.8, 4) is 0 Å². The Morgan fingerprint density at radius 1 is 1.36 bits per heavy atom. The minimum Gasteiger partial charge on any atom is -0.353 e. The molecule has 0 saturated carbocycles. The first-order chi connectivity index (χ1) is 10.6. The summed E-state index contributed by atoms with van der Waals surface area (Å²) in [6, 6.07) is 8.86. The highest BCUT2D eigenvalue weighted by atomic mass is 16.2. The third kappa shape index (κ3) is 3.30. The number of benzene rings is 1. The quantitative estimate of drug-likeness (QED) is 0.909. The van der Waals surface area contributed by atoms with Crippen molar-refractivity contribution < 1.29 is 9.59 Å². The summed E-state index contributed by atoms with van der Waals surface area (Å²) < 4.78 is 0. The molecule has 0 aliphatic carbocycles. The van der Waals surface area contributed by atoms with Crippen molar-refractivity contribution in [2.24, 2.45) is 0 Å². The molecule has 0 aromatic heterocycles. The van der Waals surface area contributed by atoms with Crippen LogP contribution in [0.15, 0.2) is 24.3 Å². The van der Waals surface area contributed by atoms with Gasteiger partial charge in [0.2, 0.25) is 11.8 Å². The molecule has 2 heterocycles. The fraction of sp³-hybridized carbons (Fsp3) is 0.529. The summed E-state index contributed by atoms with van der Waals surface area (Å²) in [5.41, 5.74) is 2.55. The molecule has 2 fully saturated rings. The van der Waals surface area contributed by atoms with Crippen LogP contribution in [-0.2, 0) is 9.59 Å². The molecule has 0 bridgehead atoms. The highest BCUT2D eigenvalue weighted by molar-refractivity contribution is 5.86. The number of carbonyl (C=O) groups excluding carboxylic acids is 2. The lowest BCUT2D eigenvalue weighted by Crippen LogP contribution is -2.52. The summed E-state index contributed by atoms with van der Waals surface area (Å²) in [7, 11) is 0. The normalized spacial score (nSPS) is 22.7. The van der Waals surface area contributed by atoms with Crippen LogP contribution in [0.3, 0.4) is 0 Å². The summed E-state index contributed by atoms with van der Waals surface area (Å²) in [6.45, 7) is 4.83. The van der Waals surface area contributed by atoms with Crippen molar-refractivity contribution in [2.45, 2.75) is 25.8 Å². The maximum atomic E-state index is 12.4. The fourth-order valence-corrected chi connectivity index (χ4v) is 3.40. The van der Waals surface area contributed by atoms with Gasteiger partial charge in [0.25, 0.3) is 0 Å². The van der Waals surface area contributed by atoms with E-state index in [4.69, 9.17) is 0 Å². The van der Waals surface area contributed by atoms with Gasteiger partial charge in [-0.3, -0.25) is 14.5 Å². The van der Waals surface area contributed by atoms with Gasteiger partial charge < -0.3 is 10.2 Å². The molecule has 5 heteroatoms. The van der Waals surface area contributed by atoms with Crippen LogP contribution >= 0.6 is 0 Å². The Kier molecular flexibility index (Phi) is 4.43. The first-order valence-electron chi connectivity index (χ1n) is 7.98. The monoisotopic (exact) mass is 301 g/mol. The second-order valence-electron chi connectivity index (χ2n) is 6.21. The number of hydrogen-bond donors (Lipinski definition) is 1. The summed E-state index contributed by atoms with van der Waals surface area (Å²) in [5, 5.41) is 2.75. The van der Waals surface area contributed by atoms with Gasteiger partial charge in [-0.15, -0.1) is 0 Å². The Morgan fingerprint density at radius 2 is 2.23 bits per heavy atom. The molecule has 2 aliphatic heterocycles. The smallest absolute Gasteiger partial charge is 0.239 e. The van der Waals surface area contributed by atoms with Crippen LogP contribution in [0.2, 0.25) is 0 Å². The van der Waals surface area contributed by atoms with Crippen LogP contribution in [-0.4, -0.2) is 54.3 Å². The molecule has 1 atom stereocenters. The Hall–Kier alpha value is -1.88. The van der Waals surface area contributed by atoms with Gasteiger partial charge in [-0.1, -0.05) is 29.8 Å². The van der Waals surface area contributed by atoms with Gasteiger partial charge in [-0.25, -0.2) is 0 Å². The van der Waals surface area contributed by atoms with Gasteiger partial charge in [0.1, 0.15) is 0 Å². The van der Waals surface area contributed by atoms with Gasteiger partial charge in [-0.05, 0) is 31.9 Å². The number of nitrogens with one attached hydrogen (secondary N) is 1. The topological polar surface area (TPSA) is 52.7 Å². The van der Waals surface area contributed by atoms with E-state index in [9.17, 15) is 9.59 Å². The van der Waals surface area contributed by atoms with Gasteiger partial charge in [0, 0.05) is 19.1 Å². The van der Waals surface area contributed by atoms with Crippen LogP contribution in [0.4, 0.5) is 0 Å². The molecule has 2 aliphatic rings. The third-order valence-corrected chi connectivity index (χ3v) is 4.52. The molecular weight excluding hydrogens is 278 g/mol. The Morgan fingerprint density at radius 3 is 3.00 bits per heavy atom. The molecule has 118 valence electrons. The Bertz CT molecular complexity index is 573. The number of likely N-dealkylation sites (tertiary alicyclic amines) is 1. The van der Waals surface area contributed by atoms with Crippen molar-refractivity contribution in [1.82, 2.24) is 15.1 Å². The van der Waals surface area contributed by atoms with Crippen LogP contribution in [0, 0.1) is 6.92 Å². The molecule has 1 aromatic rings. The lowest BCUT2D eigenvalue weighted by Gasteiger charge is -2.30. The van der Waals surface area contributed by atoms with Gasteiger partial charge in [0.15, 0.2) is 0 Å². The summed E-state index contributed by atoms with van der Waals surface area (Å²) >= 11 is 0. The molecule has 5 nitrogen and oxygen atoms in total. The van der Waals surface area contributed by atoms with Crippen molar-refractivity contribution >= 4 is 11.8 Å². The molecule has 2 amide bonds. The van der Waals surface area contributed by atoms with E-state index in [1.54, 1.807) is 4.90 Å². The van der Waals surface area contributed by atoms with E-state index in [0.29, 0.717) is 25.7 Å². The second kappa shape index (κ2) is 6.48. The lowest BCUT2D eigenvalue weighted by molar-refractivity contribution is -0.139. The average molecular weight is 301 g/mol. The number of rotatable bonds is 3. The first kappa shape index (κ1) is 15.0. The van der Waals surface area contributed by atoms with Gasteiger partial charge >= 0.3 is 0 Å². The molecule has 0 spiro atoms. The molecule has 0 unspecified atom stereocenters. The number of carbonyl (C=O) groups is 2. The summed E-state index contributed by atoms with van der Waals surface area (Å²) in [4.78, 5) is 27.8.